The highest BCUT2D eigenvalue weighted by molar-refractivity contribution is 6.10. The molecule has 3 aromatic rings. The van der Waals surface area contributed by atoms with E-state index in [-0.39, 0.29) is 11.5 Å². The molecule has 7 N–H and O–H groups in total. The van der Waals surface area contributed by atoms with Crippen molar-refractivity contribution in [2.24, 2.45) is 0 Å². The number of hydrogen-bond donors (Lipinski definition) is 7. The second-order valence-corrected chi connectivity index (χ2v) is 9.31. The maximum Gasteiger partial charge on any atom is 0.330 e. The number of hydrogen-bond acceptors (Lipinski definition) is 12. The van der Waals surface area contributed by atoms with Gasteiger partial charge >= 0.3 is 5.97 Å². The van der Waals surface area contributed by atoms with E-state index in [2.05, 4.69) is 0 Å². The van der Waals surface area contributed by atoms with Gasteiger partial charge in [-0.05, 0) is 47.5 Å². The predicted octanol–water partition coefficient (Wildman–Crippen LogP) is 1.85. The minimum Gasteiger partial charge on any atom is -0.508 e. The first kappa shape index (κ1) is 30.1. The number of esters is 1. The number of ketones is 1. The zero-order valence-corrected chi connectivity index (χ0v) is 21.8. The van der Waals surface area contributed by atoms with Crippen LogP contribution in [0.25, 0.3) is 12.2 Å². The summed E-state index contributed by atoms with van der Waals surface area (Å²) in [6.07, 6.45) is -3.43. The number of allylic oxidation sites excluding steroid dienone is 1. The summed E-state index contributed by atoms with van der Waals surface area (Å²) in [7, 11) is 0. The van der Waals surface area contributed by atoms with Crippen LogP contribution in [0.2, 0.25) is 0 Å². The van der Waals surface area contributed by atoms with Gasteiger partial charge < -0.3 is 50.0 Å². The highest BCUT2D eigenvalue weighted by Crippen LogP contribution is 2.36. The predicted molar refractivity (Wildman–Crippen MR) is 147 cm³/mol. The third kappa shape index (κ3) is 7.44. The van der Waals surface area contributed by atoms with Crippen LogP contribution in [-0.4, -0.2) is 84.8 Å². The van der Waals surface area contributed by atoms with Crippen molar-refractivity contribution in [2.75, 3.05) is 6.61 Å². The van der Waals surface area contributed by atoms with E-state index >= 15 is 0 Å². The zero-order valence-electron chi connectivity index (χ0n) is 21.8. The number of rotatable bonds is 9. The molecule has 220 valence electrons. The van der Waals surface area contributed by atoms with Crippen LogP contribution in [0.3, 0.4) is 0 Å². The number of benzene rings is 3. The Hall–Kier alpha value is -4.88. The first-order chi connectivity index (χ1) is 20.0. The molecule has 1 fully saturated rings. The van der Waals surface area contributed by atoms with Gasteiger partial charge in [0.15, 0.2) is 5.78 Å². The second-order valence-electron chi connectivity index (χ2n) is 9.31. The normalized spacial score (nSPS) is 22.3. The van der Waals surface area contributed by atoms with Crippen LogP contribution < -0.4 is 4.74 Å². The first-order valence-corrected chi connectivity index (χ1v) is 12.6. The SMILES string of the molecule is O=C(C=Cc1ccc(O)cc1)OCC1OC(Oc2cc(O)cc(O)c2C(=O)C=Cc2ccc(O)cc2)C(O)C(O)C1O. The Morgan fingerprint density at radius 2 is 1.31 bits per heavy atom. The van der Waals surface area contributed by atoms with E-state index < -0.39 is 71.9 Å². The van der Waals surface area contributed by atoms with E-state index in [0.717, 1.165) is 24.3 Å². The molecule has 12 heteroatoms. The van der Waals surface area contributed by atoms with Gasteiger partial charge in [-0.1, -0.05) is 30.3 Å². The number of aliphatic hydroxyl groups excluding tert-OH is 3. The number of aliphatic hydroxyl groups is 3. The number of phenols is 4. The van der Waals surface area contributed by atoms with E-state index in [1.165, 1.54) is 36.4 Å². The molecule has 0 spiro atoms. The van der Waals surface area contributed by atoms with Crippen molar-refractivity contribution in [2.45, 2.75) is 30.7 Å². The fraction of sp³-hybridized carbons (Fsp3) is 0.200. The van der Waals surface area contributed by atoms with Crippen LogP contribution in [0.15, 0.2) is 72.8 Å². The van der Waals surface area contributed by atoms with Gasteiger partial charge in [0.05, 0.1) is 0 Å². The lowest BCUT2D eigenvalue weighted by Crippen LogP contribution is -2.60. The van der Waals surface area contributed by atoms with E-state index in [1.54, 1.807) is 24.3 Å². The van der Waals surface area contributed by atoms with Crippen LogP contribution in [0.1, 0.15) is 21.5 Å². The van der Waals surface area contributed by atoms with Crippen molar-refractivity contribution >= 4 is 23.9 Å². The number of carbonyl (C=O) groups excluding carboxylic acids is 2. The average molecular weight is 581 g/mol. The van der Waals surface area contributed by atoms with Crippen molar-refractivity contribution in [3.8, 4) is 28.7 Å². The van der Waals surface area contributed by atoms with E-state index in [0.29, 0.717) is 11.1 Å². The lowest BCUT2D eigenvalue weighted by atomic mass is 9.99. The smallest absolute Gasteiger partial charge is 0.330 e. The zero-order chi connectivity index (χ0) is 30.4. The highest BCUT2D eigenvalue weighted by atomic mass is 16.7. The van der Waals surface area contributed by atoms with Crippen LogP contribution in [-0.2, 0) is 14.3 Å². The van der Waals surface area contributed by atoms with Gasteiger partial charge in [0, 0.05) is 18.2 Å². The molecule has 0 bridgehead atoms. The highest BCUT2D eigenvalue weighted by Gasteiger charge is 2.45. The fourth-order valence-electron chi connectivity index (χ4n) is 4.01. The van der Waals surface area contributed by atoms with Gasteiger partial charge in [0.1, 0.15) is 65.3 Å². The number of phenolic OH excluding ortho intramolecular Hbond substituents is 4. The second kappa shape index (κ2) is 13.2. The maximum atomic E-state index is 13.0. The molecule has 5 atom stereocenters. The lowest BCUT2D eigenvalue weighted by Gasteiger charge is -2.40. The fourth-order valence-corrected chi connectivity index (χ4v) is 4.01. The summed E-state index contributed by atoms with van der Waals surface area (Å²) in [5, 5.41) is 70.4. The molecule has 5 unspecified atom stereocenters. The molecular weight excluding hydrogens is 552 g/mol. The van der Waals surface area contributed by atoms with Crippen LogP contribution in [0.5, 0.6) is 28.7 Å². The molecule has 1 heterocycles. The van der Waals surface area contributed by atoms with E-state index in [9.17, 15) is 45.3 Å². The summed E-state index contributed by atoms with van der Waals surface area (Å²) in [5.74, 6) is -3.04. The number of aromatic hydroxyl groups is 4. The van der Waals surface area contributed by atoms with Gasteiger partial charge in [-0.15, -0.1) is 0 Å². The van der Waals surface area contributed by atoms with Crippen molar-refractivity contribution in [3.63, 3.8) is 0 Å². The molecule has 3 aromatic carbocycles. The minimum absolute atomic E-state index is 0.0299. The molecule has 4 rings (SSSR count). The monoisotopic (exact) mass is 580 g/mol. The van der Waals surface area contributed by atoms with Gasteiger partial charge in [0.2, 0.25) is 6.29 Å². The lowest BCUT2D eigenvalue weighted by molar-refractivity contribution is -0.278. The standard InChI is InChI=1S/C30H28O12/c31-18-7-1-16(2-8-18)5-11-21(34)26-22(35)13-20(33)14-23(26)41-30-29(39)28(38)27(37)24(42-30)15-40-25(36)12-6-17-3-9-19(32)10-4-17/h1-14,24,27-33,35,37-39H,15H2. The maximum absolute atomic E-state index is 13.0. The van der Waals surface area contributed by atoms with Crippen LogP contribution >= 0.6 is 0 Å². The Morgan fingerprint density at radius 3 is 1.90 bits per heavy atom. The summed E-state index contributed by atoms with van der Waals surface area (Å²) in [5.41, 5.74) is 0.755. The molecular formula is C30H28O12. The van der Waals surface area contributed by atoms with Crippen molar-refractivity contribution in [1.82, 2.24) is 0 Å². The largest absolute Gasteiger partial charge is 0.508 e. The first-order valence-electron chi connectivity index (χ1n) is 12.6. The van der Waals surface area contributed by atoms with Crippen molar-refractivity contribution in [3.05, 3.63) is 89.5 Å². The Labute approximate surface area is 239 Å². The summed E-state index contributed by atoms with van der Waals surface area (Å²) < 4.78 is 16.2. The average Bonchev–Trinajstić information content (AvgIpc) is 2.95. The van der Waals surface area contributed by atoms with Crippen LogP contribution in [0, 0.1) is 0 Å². The van der Waals surface area contributed by atoms with Gasteiger partial charge in [-0.3, -0.25) is 4.79 Å². The summed E-state index contributed by atoms with van der Waals surface area (Å²) >= 11 is 0. The molecule has 42 heavy (non-hydrogen) atoms. The molecule has 1 aliphatic heterocycles. The van der Waals surface area contributed by atoms with Crippen LogP contribution in [0.4, 0.5) is 0 Å². The Morgan fingerprint density at radius 1 is 0.738 bits per heavy atom. The Bertz CT molecular complexity index is 1460. The van der Waals surface area contributed by atoms with Gasteiger partial charge in [0.25, 0.3) is 0 Å². The van der Waals surface area contributed by atoms with Crippen molar-refractivity contribution < 1.29 is 59.5 Å². The third-order valence-electron chi connectivity index (χ3n) is 6.24. The molecule has 0 radical (unpaired) electrons. The Balaban J connectivity index is 1.47. The van der Waals surface area contributed by atoms with Gasteiger partial charge in [-0.2, -0.15) is 0 Å². The number of carbonyl (C=O) groups is 2. The van der Waals surface area contributed by atoms with Crippen molar-refractivity contribution in [1.29, 1.82) is 0 Å². The molecule has 0 saturated carbocycles. The topological polar surface area (TPSA) is 203 Å². The minimum atomic E-state index is -1.85. The summed E-state index contributed by atoms with van der Waals surface area (Å²) in [6.45, 7) is -0.560. The third-order valence-corrected chi connectivity index (χ3v) is 6.24. The number of ether oxygens (including phenoxy) is 3. The molecule has 0 amide bonds. The summed E-state index contributed by atoms with van der Waals surface area (Å²) in [4.78, 5) is 25.1. The molecule has 1 aliphatic rings. The molecule has 0 aliphatic carbocycles. The molecule has 12 nitrogen and oxygen atoms in total. The van der Waals surface area contributed by atoms with Gasteiger partial charge in [-0.25, -0.2) is 4.79 Å². The Kier molecular flexibility index (Phi) is 9.45. The van der Waals surface area contributed by atoms with E-state index in [1.807, 2.05) is 0 Å². The van der Waals surface area contributed by atoms with E-state index in [4.69, 9.17) is 14.2 Å². The molecule has 1 saturated heterocycles. The summed E-state index contributed by atoms with van der Waals surface area (Å²) in [6, 6.07) is 13.8. The quantitative estimate of drug-likeness (QED) is 0.110. The molecule has 0 aromatic heterocycles.